The average Bonchev–Trinajstić information content (AvgIpc) is 2.98. The third-order valence-electron chi connectivity index (χ3n) is 4.75. The lowest BCUT2D eigenvalue weighted by Gasteiger charge is -2.26. The lowest BCUT2D eigenvalue weighted by atomic mass is 10.00. The summed E-state index contributed by atoms with van der Waals surface area (Å²) >= 11 is 0. The second-order valence-corrected chi connectivity index (χ2v) is 6.42. The summed E-state index contributed by atoms with van der Waals surface area (Å²) in [6.07, 6.45) is 2.37. The van der Waals surface area contributed by atoms with Crippen molar-refractivity contribution in [2.24, 2.45) is 0 Å². The minimum atomic E-state index is 0.318. The van der Waals surface area contributed by atoms with E-state index in [0.29, 0.717) is 17.7 Å². The van der Waals surface area contributed by atoms with E-state index in [4.69, 9.17) is 10.00 Å². The first-order chi connectivity index (χ1) is 12.2. The van der Waals surface area contributed by atoms with Gasteiger partial charge in [0.2, 0.25) is 0 Å². The molecule has 5 heteroatoms. The molecule has 0 radical (unpaired) electrons. The smallest absolute Gasteiger partial charge is 0.107 e. The van der Waals surface area contributed by atoms with Gasteiger partial charge in [-0.3, -0.25) is 9.88 Å². The van der Waals surface area contributed by atoms with Crippen molar-refractivity contribution < 1.29 is 9.84 Å². The molecule has 1 aliphatic carbocycles. The minimum absolute atomic E-state index is 0.318. The molecule has 0 atom stereocenters. The summed E-state index contributed by atoms with van der Waals surface area (Å²) in [6.45, 7) is 4.31. The van der Waals surface area contributed by atoms with Gasteiger partial charge in [0.1, 0.15) is 5.76 Å². The number of benzene rings is 1. The summed E-state index contributed by atoms with van der Waals surface area (Å²) in [6, 6.07) is 11.7. The van der Waals surface area contributed by atoms with Crippen molar-refractivity contribution in [1.82, 2.24) is 9.88 Å². The quantitative estimate of drug-likeness (QED) is 0.935. The molecule has 0 spiro atoms. The number of morpholine rings is 1. The van der Waals surface area contributed by atoms with Gasteiger partial charge in [-0.2, -0.15) is 5.26 Å². The molecule has 0 amide bonds. The predicted molar refractivity (Wildman–Crippen MR) is 93.8 cm³/mol. The number of ether oxygens (including phenoxy) is 1. The fraction of sp³-hybridized carbons (Fsp3) is 0.300. The van der Waals surface area contributed by atoms with Crippen molar-refractivity contribution in [2.75, 3.05) is 26.3 Å². The van der Waals surface area contributed by atoms with E-state index in [9.17, 15) is 5.11 Å². The Morgan fingerprint density at radius 1 is 1.20 bits per heavy atom. The highest BCUT2D eigenvalue weighted by Gasteiger charge is 2.24. The van der Waals surface area contributed by atoms with Gasteiger partial charge in [-0.1, -0.05) is 12.1 Å². The number of pyridine rings is 1. The van der Waals surface area contributed by atoms with Crippen LogP contribution in [-0.4, -0.2) is 41.3 Å². The van der Waals surface area contributed by atoms with Crippen LogP contribution in [0.3, 0.4) is 0 Å². The number of aliphatic hydroxyl groups excluding tert-OH is 1. The van der Waals surface area contributed by atoms with Crippen molar-refractivity contribution >= 4 is 5.57 Å². The van der Waals surface area contributed by atoms with E-state index in [1.54, 1.807) is 6.07 Å². The molecule has 0 bridgehead atoms. The molecule has 2 aromatic rings. The highest BCUT2D eigenvalue weighted by atomic mass is 16.5. The number of hydrogen-bond acceptors (Lipinski definition) is 5. The molecule has 1 fully saturated rings. The fourth-order valence-electron chi connectivity index (χ4n) is 3.43. The second kappa shape index (κ2) is 6.67. The van der Waals surface area contributed by atoms with Gasteiger partial charge in [-0.25, -0.2) is 0 Å². The van der Waals surface area contributed by atoms with Gasteiger partial charge in [0.15, 0.2) is 0 Å². The molecule has 0 unspecified atom stereocenters. The molecular weight excluding hydrogens is 314 g/mol. The first kappa shape index (κ1) is 15.8. The molecule has 1 saturated heterocycles. The third kappa shape index (κ3) is 3.14. The lowest BCUT2D eigenvalue weighted by molar-refractivity contribution is 0.0341. The molecule has 5 nitrogen and oxygen atoms in total. The molecule has 0 saturated carbocycles. The monoisotopic (exact) mass is 333 g/mol. The largest absolute Gasteiger partial charge is 0.511 e. The number of aromatic nitrogens is 1. The zero-order valence-electron chi connectivity index (χ0n) is 13.9. The van der Waals surface area contributed by atoms with E-state index >= 15 is 0 Å². The first-order valence-corrected chi connectivity index (χ1v) is 8.45. The van der Waals surface area contributed by atoms with Crippen molar-refractivity contribution in [3.05, 3.63) is 70.2 Å². The second-order valence-electron chi connectivity index (χ2n) is 6.42. The van der Waals surface area contributed by atoms with Crippen LogP contribution >= 0.6 is 0 Å². The maximum atomic E-state index is 10.4. The van der Waals surface area contributed by atoms with Gasteiger partial charge < -0.3 is 9.84 Å². The summed E-state index contributed by atoms with van der Waals surface area (Å²) in [5.74, 6) is 0.318. The Morgan fingerprint density at radius 3 is 2.76 bits per heavy atom. The third-order valence-corrected chi connectivity index (χ3v) is 4.75. The Labute approximate surface area is 146 Å². The number of nitrogens with zero attached hydrogens (tertiary/aromatic N) is 3. The Bertz CT molecular complexity index is 860. The number of allylic oxidation sites excluding steroid dienone is 1. The van der Waals surface area contributed by atoms with E-state index < -0.39 is 0 Å². The number of hydrogen-bond donors (Lipinski definition) is 1. The van der Waals surface area contributed by atoms with Crippen LogP contribution in [0, 0.1) is 11.3 Å². The SMILES string of the molecule is N#Cc1ccc2c(c1)C(c1ccc(CN3CCOCC3)cn1)=C(O)C2. The van der Waals surface area contributed by atoms with Crippen molar-refractivity contribution in [2.45, 2.75) is 13.0 Å². The van der Waals surface area contributed by atoms with Crippen LogP contribution in [0.4, 0.5) is 0 Å². The first-order valence-electron chi connectivity index (χ1n) is 8.45. The van der Waals surface area contributed by atoms with Crippen LogP contribution in [0.1, 0.15) is 27.9 Å². The fourth-order valence-corrected chi connectivity index (χ4v) is 3.43. The molecule has 126 valence electrons. The van der Waals surface area contributed by atoms with Gasteiger partial charge in [-0.05, 0) is 34.9 Å². The molecule has 25 heavy (non-hydrogen) atoms. The maximum Gasteiger partial charge on any atom is 0.107 e. The van der Waals surface area contributed by atoms with Gasteiger partial charge >= 0.3 is 0 Å². The Kier molecular flexibility index (Phi) is 4.22. The maximum absolute atomic E-state index is 10.4. The Morgan fingerprint density at radius 2 is 2.04 bits per heavy atom. The summed E-state index contributed by atoms with van der Waals surface area (Å²) in [5, 5.41) is 19.5. The average molecular weight is 333 g/mol. The van der Waals surface area contributed by atoms with Crippen LogP contribution in [0.15, 0.2) is 42.3 Å². The summed E-state index contributed by atoms with van der Waals surface area (Å²) in [5.41, 5.74) is 5.17. The molecule has 2 aliphatic rings. The van der Waals surface area contributed by atoms with Gasteiger partial charge in [0, 0.05) is 37.8 Å². The number of rotatable bonds is 3. The van der Waals surface area contributed by atoms with Crippen molar-refractivity contribution in [3.63, 3.8) is 0 Å². The highest BCUT2D eigenvalue weighted by Crippen LogP contribution is 2.36. The van der Waals surface area contributed by atoms with Crippen LogP contribution < -0.4 is 0 Å². The van der Waals surface area contributed by atoms with Crippen LogP contribution in [0.2, 0.25) is 0 Å². The van der Waals surface area contributed by atoms with E-state index in [1.165, 1.54) is 0 Å². The molecular formula is C20H19N3O2. The van der Waals surface area contributed by atoms with E-state index in [2.05, 4.69) is 22.0 Å². The van der Waals surface area contributed by atoms with Crippen molar-refractivity contribution in [1.29, 1.82) is 5.26 Å². The zero-order chi connectivity index (χ0) is 17.2. The molecule has 1 aromatic carbocycles. The molecule has 1 N–H and O–H groups in total. The Hall–Kier alpha value is -2.68. The number of aliphatic hydroxyl groups is 1. The predicted octanol–water partition coefficient (Wildman–Crippen LogP) is 2.66. The van der Waals surface area contributed by atoms with Gasteiger partial charge in [0.25, 0.3) is 0 Å². The summed E-state index contributed by atoms with van der Waals surface area (Å²) < 4.78 is 5.37. The highest BCUT2D eigenvalue weighted by molar-refractivity contribution is 5.85. The summed E-state index contributed by atoms with van der Waals surface area (Å²) in [4.78, 5) is 6.92. The Balaban J connectivity index is 1.58. The standard InChI is InChI=1S/C20H19N3O2/c21-11-14-1-3-16-10-19(24)20(17(16)9-14)18-4-2-15(12-22-18)13-23-5-7-25-8-6-23/h1-4,9,12,24H,5-8,10,13H2. The van der Waals surface area contributed by atoms with E-state index in [1.807, 2.05) is 24.4 Å². The molecule has 1 aromatic heterocycles. The molecule has 1 aliphatic heterocycles. The van der Waals surface area contributed by atoms with Crippen molar-refractivity contribution in [3.8, 4) is 6.07 Å². The van der Waals surface area contributed by atoms with E-state index in [-0.39, 0.29) is 0 Å². The molecule has 4 rings (SSSR count). The normalized spacial score (nSPS) is 17.4. The van der Waals surface area contributed by atoms with Crippen LogP contribution in [0.25, 0.3) is 5.57 Å². The van der Waals surface area contributed by atoms with Crippen LogP contribution in [0.5, 0.6) is 0 Å². The van der Waals surface area contributed by atoms with Gasteiger partial charge in [0.05, 0.1) is 30.5 Å². The lowest BCUT2D eigenvalue weighted by Crippen LogP contribution is -2.35. The topological polar surface area (TPSA) is 69.4 Å². The number of nitriles is 1. The zero-order valence-corrected chi connectivity index (χ0v) is 13.9. The van der Waals surface area contributed by atoms with Crippen LogP contribution in [-0.2, 0) is 17.7 Å². The van der Waals surface area contributed by atoms with Gasteiger partial charge in [-0.15, -0.1) is 0 Å². The minimum Gasteiger partial charge on any atom is -0.511 e. The number of fused-ring (bicyclic) bond motifs is 1. The molecule has 2 heterocycles. The van der Waals surface area contributed by atoms with E-state index in [0.717, 1.165) is 60.8 Å². The summed E-state index contributed by atoms with van der Waals surface area (Å²) in [7, 11) is 0.